The minimum Gasteiger partial charge on any atom is -0.480 e. The molecule has 0 heterocycles. The lowest BCUT2D eigenvalue weighted by atomic mass is 10.1. The Kier molecular flexibility index (Phi) is 6.55. The summed E-state index contributed by atoms with van der Waals surface area (Å²) in [5.74, 6) is 0.651. The Labute approximate surface area is 143 Å². The highest BCUT2D eigenvalue weighted by molar-refractivity contribution is 9.11. The summed E-state index contributed by atoms with van der Waals surface area (Å²) >= 11 is 6.85. The summed E-state index contributed by atoms with van der Waals surface area (Å²) in [6.45, 7) is 1.79. The van der Waals surface area contributed by atoms with E-state index in [2.05, 4.69) is 37.2 Å². The standard InChI is InChI=1S/C16H21Br2NO2/c1-11(21-15-9-8-12(17)10-14(15)18)16(20)19-13-6-4-2-3-5-7-13/h8-11,13H,2-7H2,1H3,(H,19,20). The average Bonchev–Trinajstić information content (AvgIpc) is 2.70. The number of hydrogen-bond donors (Lipinski definition) is 1. The molecule has 1 saturated carbocycles. The molecule has 1 atom stereocenters. The second kappa shape index (κ2) is 8.18. The van der Waals surface area contributed by atoms with Gasteiger partial charge in [0.15, 0.2) is 6.10 Å². The van der Waals surface area contributed by atoms with Gasteiger partial charge in [-0.1, -0.05) is 41.6 Å². The van der Waals surface area contributed by atoms with Crippen LogP contribution >= 0.6 is 31.9 Å². The molecule has 0 aromatic heterocycles. The first kappa shape index (κ1) is 16.8. The second-order valence-corrected chi connectivity index (χ2v) is 7.30. The Morgan fingerprint density at radius 3 is 2.52 bits per heavy atom. The van der Waals surface area contributed by atoms with Gasteiger partial charge in [-0.2, -0.15) is 0 Å². The quantitative estimate of drug-likeness (QED) is 0.712. The van der Waals surface area contributed by atoms with Gasteiger partial charge in [0.25, 0.3) is 5.91 Å². The van der Waals surface area contributed by atoms with E-state index >= 15 is 0 Å². The van der Waals surface area contributed by atoms with E-state index in [0.717, 1.165) is 21.8 Å². The molecule has 1 aliphatic carbocycles. The van der Waals surface area contributed by atoms with Gasteiger partial charge in [-0.05, 0) is 53.9 Å². The largest absolute Gasteiger partial charge is 0.480 e. The molecule has 3 nitrogen and oxygen atoms in total. The number of benzene rings is 1. The number of carbonyl (C=O) groups excluding carboxylic acids is 1. The first-order chi connectivity index (χ1) is 10.1. The molecule has 1 amide bonds. The summed E-state index contributed by atoms with van der Waals surface area (Å²) < 4.78 is 7.56. The molecule has 21 heavy (non-hydrogen) atoms. The smallest absolute Gasteiger partial charge is 0.260 e. The van der Waals surface area contributed by atoms with Gasteiger partial charge >= 0.3 is 0 Å². The number of rotatable bonds is 4. The third kappa shape index (κ3) is 5.29. The minimum absolute atomic E-state index is 0.0308. The topological polar surface area (TPSA) is 38.3 Å². The maximum Gasteiger partial charge on any atom is 0.260 e. The van der Waals surface area contributed by atoms with Gasteiger partial charge in [0.1, 0.15) is 5.75 Å². The highest BCUT2D eigenvalue weighted by atomic mass is 79.9. The van der Waals surface area contributed by atoms with Gasteiger partial charge in [0.2, 0.25) is 0 Å². The zero-order chi connectivity index (χ0) is 15.2. The minimum atomic E-state index is -0.495. The maximum absolute atomic E-state index is 12.2. The van der Waals surface area contributed by atoms with Crippen molar-refractivity contribution in [2.24, 2.45) is 0 Å². The van der Waals surface area contributed by atoms with E-state index in [1.54, 1.807) is 6.92 Å². The van der Waals surface area contributed by atoms with Crippen molar-refractivity contribution >= 4 is 37.8 Å². The van der Waals surface area contributed by atoms with Crippen molar-refractivity contribution < 1.29 is 9.53 Å². The van der Waals surface area contributed by atoms with E-state index in [0.29, 0.717) is 11.8 Å². The highest BCUT2D eigenvalue weighted by Crippen LogP contribution is 2.29. The van der Waals surface area contributed by atoms with Gasteiger partial charge in [0.05, 0.1) is 4.47 Å². The molecule has 1 aromatic rings. The third-order valence-corrected chi connectivity index (χ3v) is 4.88. The van der Waals surface area contributed by atoms with Crippen molar-refractivity contribution in [3.8, 4) is 5.75 Å². The lowest BCUT2D eigenvalue weighted by Crippen LogP contribution is -2.42. The van der Waals surface area contributed by atoms with E-state index in [-0.39, 0.29) is 5.91 Å². The van der Waals surface area contributed by atoms with Crippen LogP contribution in [0.5, 0.6) is 5.75 Å². The van der Waals surface area contributed by atoms with Crippen LogP contribution in [0.2, 0.25) is 0 Å². The van der Waals surface area contributed by atoms with Crippen LogP contribution in [0.15, 0.2) is 27.1 Å². The van der Waals surface area contributed by atoms with Crippen molar-refractivity contribution in [3.63, 3.8) is 0 Å². The van der Waals surface area contributed by atoms with Crippen molar-refractivity contribution in [3.05, 3.63) is 27.1 Å². The molecule has 0 radical (unpaired) electrons. The van der Waals surface area contributed by atoms with Gasteiger partial charge in [-0.3, -0.25) is 4.79 Å². The van der Waals surface area contributed by atoms with Crippen LogP contribution in [-0.2, 0) is 4.79 Å². The number of ether oxygens (including phenoxy) is 1. The number of amides is 1. The lowest BCUT2D eigenvalue weighted by Gasteiger charge is -2.20. The molecule has 5 heteroatoms. The van der Waals surface area contributed by atoms with Crippen LogP contribution in [0.1, 0.15) is 45.4 Å². The molecule has 0 spiro atoms. The fraction of sp³-hybridized carbons (Fsp3) is 0.562. The van der Waals surface area contributed by atoms with E-state index in [1.165, 1.54) is 25.7 Å². The van der Waals surface area contributed by atoms with Crippen LogP contribution < -0.4 is 10.1 Å². The lowest BCUT2D eigenvalue weighted by molar-refractivity contribution is -0.128. The monoisotopic (exact) mass is 417 g/mol. The van der Waals surface area contributed by atoms with E-state index in [9.17, 15) is 4.79 Å². The summed E-state index contributed by atoms with van der Waals surface area (Å²) in [6, 6.07) is 5.96. The number of hydrogen-bond acceptors (Lipinski definition) is 2. The normalized spacial score (nSPS) is 17.9. The number of nitrogens with one attached hydrogen (secondary N) is 1. The fourth-order valence-electron chi connectivity index (χ4n) is 2.56. The summed E-state index contributed by atoms with van der Waals surface area (Å²) in [6.07, 6.45) is 6.65. The predicted molar refractivity (Wildman–Crippen MR) is 91.6 cm³/mol. The zero-order valence-corrected chi connectivity index (χ0v) is 15.4. The van der Waals surface area contributed by atoms with Crippen LogP contribution in [0.3, 0.4) is 0 Å². The molecular weight excluding hydrogens is 398 g/mol. The first-order valence-electron chi connectivity index (χ1n) is 7.48. The number of halogens is 2. The molecule has 0 saturated heterocycles. The van der Waals surface area contributed by atoms with Crippen molar-refractivity contribution in [2.45, 2.75) is 57.6 Å². The maximum atomic E-state index is 12.2. The Balaban J connectivity index is 1.89. The van der Waals surface area contributed by atoms with Crippen LogP contribution in [0, 0.1) is 0 Å². The van der Waals surface area contributed by atoms with Gasteiger partial charge < -0.3 is 10.1 Å². The molecule has 1 aromatic carbocycles. The van der Waals surface area contributed by atoms with E-state index < -0.39 is 6.10 Å². The van der Waals surface area contributed by atoms with E-state index in [4.69, 9.17) is 4.74 Å². The molecule has 2 rings (SSSR count). The summed E-state index contributed by atoms with van der Waals surface area (Å²) in [5.41, 5.74) is 0. The van der Waals surface area contributed by atoms with Gasteiger partial charge in [-0.15, -0.1) is 0 Å². The van der Waals surface area contributed by atoms with Crippen LogP contribution in [0.25, 0.3) is 0 Å². The molecule has 1 N–H and O–H groups in total. The number of carbonyl (C=O) groups is 1. The van der Waals surface area contributed by atoms with Crippen LogP contribution in [0.4, 0.5) is 0 Å². The molecule has 1 unspecified atom stereocenters. The molecule has 0 aliphatic heterocycles. The Bertz CT molecular complexity index is 485. The Morgan fingerprint density at radius 2 is 1.90 bits per heavy atom. The van der Waals surface area contributed by atoms with Crippen molar-refractivity contribution in [1.82, 2.24) is 5.32 Å². The molecule has 116 valence electrons. The SMILES string of the molecule is CC(Oc1ccc(Br)cc1Br)C(=O)NC1CCCCCC1. The van der Waals surface area contributed by atoms with Crippen molar-refractivity contribution in [1.29, 1.82) is 0 Å². The third-order valence-electron chi connectivity index (χ3n) is 3.77. The van der Waals surface area contributed by atoms with Crippen molar-refractivity contribution in [2.75, 3.05) is 0 Å². The summed E-state index contributed by atoms with van der Waals surface area (Å²) in [4.78, 5) is 12.2. The second-order valence-electron chi connectivity index (χ2n) is 5.53. The fourth-order valence-corrected chi connectivity index (χ4v) is 3.70. The zero-order valence-electron chi connectivity index (χ0n) is 12.2. The highest BCUT2D eigenvalue weighted by Gasteiger charge is 2.20. The molecule has 0 bridgehead atoms. The molecular formula is C16H21Br2NO2. The molecule has 1 aliphatic rings. The van der Waals surface area contributed by atoms with E-state index in [1.807, 2.05) is 18.2 Å². The van der Waals surface area contributed by atoms with Gasteiger partial charge in [-0.25, -0.2) is 0 Å². The van der Waals surface area contributed by atoms with Gasteiger partial charge in [0, 0.05) is 10.5 Å². The Morgan fingerprint density at radius 1 is 1.24 bits per heavy atom. The first-order valence-corrected chi connectivity index (χ1v) is 9.07. The summed E-state index contributed by atoms with van der Waals surface area (Å²) in [5, 5.41) is 3.12. The Hall–Kier alpha value is -0.550. The predicted octanol–water partition coefficient (Wildman–Crippen LogP) is 4.82. The molecule has 1 fully saturated rings. The summed E-state index contributed by atoms with van der Waals surface area (Å²) in [7, 11) is 0. The van der Waals surface area contributed by atoms with Crippen LogP contribution in [-0.4, -0.2) is 18.1 Å². The average molecular weight is 419 g/mol.